The number of hydrogen-bond acceptors (Lipinski definition) is 4. The highest BCUT2D eigenvalue weighted by Crippen LogP contribution is 2.28. The van der Waals surface area contributed by atoms with E-state index in [0.717, 1.165) is 16.9 Å². The number of carbonyl (C=O) groups is 2. The summed E-state index contributed by atoms with van der Waals surface area (Å²) >= 11 is 0. The van der Waals surface area contributed by atoms with Crippen LogP contribution in [0.4, 0.5) is 0 Å². The Morgan fingerprint density at radius 3 is 2.34 bits per heavy atom. The molecule has 6 nitrogen and oxygen atoms in total. The van der Waals surface area contributed by atoms with E-state index in [2.05, 4.69) is 25.9 Å². The van der Waals surface area contributed by atoms with Crippen molar-refractivity contribution in [3.8, 4) is 5.69 Å². The Morgan fingerprint density at radius 2 is 1.72 bits per heavy atom. The molecular formula is C26H29N3O3. The molecule has 0 fully saturated rings. The molecule has 2 heterocycles. The zero-order valence-corrected chi connectivity index (χ0v) is 19.1. The molecule has 6 heteroatoms. The Labute approximate surface area is 188 Å². The average Bonchev–Trinajstić information content (AvgIpc) is 3.18. The highest BCUT2D eigenvalue weighted by Gasteiger charge is 2.31. The summed E-state index contributed by atoms with van der Waals surface area (Å²) in [4.78, 5) is 27.7. The van der Waals surface area contributed by atoms with Crippen molar-refractivity contribution < 1.29 is 14.3 Å². The number of hydrogen-bond donors (Lipinski definition) is 0. The lowest BCUT2D eigenvalue weighted by Gasteiger charge is -2.28. The summed E-state index contributed by atoms with van der Waals surface area (Å²) in [5, 5.41) is 4.59. The van der Waals surface area contributed by atoms with Gasteiger partial charge in [-0.05, 0) is 42.2 Å². The van der Waals surface area contributed by atoms with Gasteiger partial charge in [-0.25, -0.2) is 9.48 Å². The number of benzene rings is 2. The van der Waals surface area contributed by atoms with Crippen molar-refractivity contribution in [2.45, 2.75) is 46.1 Å². The van der Waals surface area contributed by atoms with Gasteiger partial charge in [0.15, 0.2) is 5.69 Å². The lowest BCUT2D eigenvalue weighted by Crippen LogP contribution is -2.36. The van der Waals surface area contributed by atoms with Crippen LogP contribution in [0.2, 0.25) is 0 Å². The fourth-order valence-corrected chi connectivity index (χ4v) is 4.03. The van der Waals surface area contributed by atoms with E-state index in [1.807, 2.05) is 59.3 Å². The summed E-state index contributed by atoms with van der Waals surface area (Å²) in [5.41, 5.74) is 4.74. The Balaban J connectivity index is 1.65. The van der Waals surface area contributed by atoms with Crippen LogP contribution in [0.25, 0.3) is 5.69 Å². The topological polar surface area (TPSA) is 64.4 Å². The third-order valence-electron chi connectivity index (χ3n) is 5.81. The van der Waals surface area contributed by atoms with Crippen molar-refractivity contribution in [1.29, 1.82) is 0 Å². The van der Waals surface area contributed by atoms with E-state index in [9.17, 15) is 9.59 Å². The molecule has 32 heavy (non-hydrogen) atoms. The van der Waals surface area contributed by atoms with E-state index in [4.69, 9.17) is 4.74 Å². The number of amides is 1. The molecule has 0 saturated carbocycles. The van der Waals surface area contributed by atoms with Crippen LogP contribution in [0.15, 0.2) is 54.6 Å². The lowest BCUT2D eigenvalue weighted by molar-refractivity contribution is 0.0513. The largest absolute Gasteiger partial charge is 0.461 e. The predicted molar refractivity (Wildman–Crippen MR) is 123 cm³/mol. The summed E-state index contributed by atoms with van der Waals surface area (Å²) in [5.74, 6) is -0.499. The van der Waals surface area contributed by atoms with E-state index < -0.39 is 5.97 Å². The van der Waals surface area contributed by atoms with Crippen molar-refractivity contribution in [3.63, 3.8) is 0 Å². The van der Waals surface area contributed by atoms with Crippen molar-refractivity contribution >= 4 is 11.9 Å². The Morgan fingerprint density at radius 1 is 1.03 bits per heavy atom. The van der Waals surface area contributed by atoms with Gasteiger partial charge >= 0.3 is 5.97 Å². The Hall–Kier alpha value is -3.41. The van der Waals surface area contributed by atoms with Crippen LogP contribution in [-0.4, -0.2) is 39.7 Å². The fraction of sp³-hybridized carbons (Fsp3) is 0.346. The highest BCUT2D eigenvalue weighted by molar-refractivity contribution is 5.95. The maximum Gasteiger partial charge on any atom is 0.359 e. The summed E-state index contributed by atoms with van der Waals surface area (Å²) in [6, 6.07) is 17.5. The van der Waals surface area contributed by atoms with E-state index in [1.165, 1.54) is 5.56 Å². The molecule has 0 spiro atoms. The second-order valence-corrected chi connectivity index (χ2v) is 9.05. The molecule has 0 atom stereocenters. The summed E-state index contributed by atoms with van der Waals surface area (Å²) in [6.07, 6.45) is 0.614. The molecule has 0 aliphatic carbocycles. The number of aromatic nitrogens is 2. The molecule has 1 aromatic heterocycles. The Kier molecular flexibility index (Phi) is 5.87. The molecule has 0 radical (unpaired) electrons. The first-order valence-electron chi connectivity index (χ1n) is 11.0. The third-order valence-corrected chi connectivity index (χ3v) is 5.81. The fourth-order valence-electron chi connectivity index (χ4n) is 4.03. The minimum atomic E-state index is -0.456. The minimum Gasteiger partial charge on any atom is -0.461 e. The zero-order valence-electron chi connectivity index (χ0n) is 19.1. The van der Waals surface area contributed by atoms with Crippen LogP contribution in [-0.2, 0) is 23.1 Å². The molecule has 1 aliphatic heterocycles. The van der Waals surface area contributed by atoms with Gasteiger partial charge in [-0.3, -0.25) is 4.79 Å². The van der Waals surface area contributed by atoms with Crippen molar-refractivity contribution in [2.75, 3.05) is 13.2 Å². The van der Waals surface area contributed by atoms with Crippen molar-refractivity contribution in [2.24, 2.45) is 0 Å². The summed E-state index contributed by atoms with van der Waals surface area (Å²) in [6.45, 7) is 9.39. The van der Waals surface area contributed by atoms with Gasteiger partial charge in [0.05, 0.1) is 24.5 Å². The number of esters is 1. The molecule has 0 saturated heterocycles. The monoisotopic (exact) mass is 431 g/mol. The van der Waals surface area contributed by atoms with Crippen LogP contribution in [0, 0.1) is 0 Å². The van der Waals surface area contributed by atoms with E-state index in [0.29, 0.717) is 25.1 Å². The molecule has 0 unspecified atom stereocenters. The molecule has 4 rings (SSSR count). The van der Waals surface area contributed by atoms with Gasteiger partial charge in [0, 0.05) is 24.1 Å². The normalized spacial score (nSPS) is 13.6. The maximum absolute atomic E-state index is 13.2. The standard InChI is InChI=1S/C26H29N3O3/c1-5-32-25(31)23-21-17-28(24(30)18-11-13-19(14-12-18)26(2,3)4)16-15-22(21)29(27-23)20-9-7-6-8-10-20/h6-14H,5,15-17H2,1-4H3. The van der Waals surface area contributed by atoms with Gasteiger partial charge < -0.3 is 9.64 Å². The summed E-state index contributed by atoms with van der Waals surface area (Å²) in [7, 11) is 0. The zero-order chi connectivity index (χ0) is 22.9. The molecule has 166 valence electrons. The Bertz CT molecular complexity index is 1130. The van der Waals surface area contributed by atoms with E-state index in [1.54, 1.807) is 11.8 Å². The molecule has 0 N–H and O–H groups in total. The SMILES string of the molecule is CCOC(=O)c1nn(-c2ccccc2)c2c1CN(C(=O)c1ccc(C(C)(C)C)cc1)CC2. The average molecular weight is 432 g/mol. The molecular weight excluding hydrogens is 402 g/mol. The van der Waals surface area contributed by atoms with E-state index >= 15 is 0 Å². The minimum absolute atomic E-state index is 0.0299. The molecule has 1 amide bonds. The summed E-state index contributed by atoms with van der Waals surface area (Å²) < 4.78 is 7.06. The van der Waals surface area contributed by atoms with Crippen LogP contribution >= 0.6 is 0 Å². The van der Waals surface area contributed by atoms with Gasteiger partial charge in [-0.2, -0.15) is 5.10 Å². The quantitative estimate of drug-likeness (QED) is 0.569. The van der Waals surface area contributed by atoms with Gasteiger partial charge in [0.1, 0.15) is 0 Å². The van der Waals surface area contributed by atoms with Gasteiger partial charge in [-0.15, -0.1) is 0 Å². The van der Waals surface area contributed by atoms with E-state index in [-0.39, 0.29) is 23.6 Å². The van der Waals surface area contributed by atoms with Crippen LogP contribution in [0.3, 0.4) is 0 Å². The number of para-hydroxylation sites is 1. The smallest absolute Gasteiger partial charge is 0.359 e. The van der Waals surface area contributed by atoms with Crippen LogP contribution in [0.5, 0.6) is 0 Å². The molecule has 1 aliphatic rings. The number of fused-ring (bicyclic) bond motifs is 1. The second kappa shape index (κ2) is 8.61. The first-order chi connectivity index (χ1) is 15.3. The third kappa shape index (κ3) is 4.17. The van der Waals surface area contributed by atoms with Gasteiger partial charge in [0.25, 0.3) is 5.91 Å². The predicted octanol–water partition coefficient (Wildman–Crippen LogP) is 4.55. The number of nitrogens with zero attached hydrogens (tertiary/aromatic N) is 3. The van der Waals surface area contributed by atoms with Crippen LogP contribution < -0.4 is 0 Å². The first-order valence-corrected chi connectivity index (χ1v) is 11.0. The van der Waals surface area contributed by atoms with Gasteiger partial charge in [-0.1, -0.05) is 51.1 Å². The molecule has 3 aromatic rings. The number of carbonyl (C=O) groups excluding carboxylic acids is 2. The number of ether oxygens (including phenoxy) is 1. The lowest BCUT2D eigenvalue weighted by atomic mass is 9.86. The molecule has 2 aromatic carbocycles. The first kappa shape index (κ1) is 21.8. The second-order valence-electron chi connectivity index (χ2n) is 9.05. The number of rotatable bonds is 4. The maximum atomic E-state index is 13.2. The van der Waals surface area contributed by atoms with Crippen molar-refractivity contribution in [1.82, 2.24) is 14.7 Å². The highest BCUT2D eigenvalue weighted by atomic mass is 16.5. The van der Waals surface area contributed by atoms with Crippen molar-refractivity contribution in [3.05, 3.63) is 82.7 Å². The van der Waals surface area contributed by atoms with Gasteiger partial charge in [0.2, 0.25) is 0 Å². The van der Waals surface area contributed by atoms with Crippen LogP contribution in [0.1, 0.15) is 65.4 Å². The molecule has 0 bridgehead atoms.